The minimum atomic E-state index is -3.19. The van der Waals surface area contributed by atoms with E-state index in [-0.39, 0.29) is 5.75 Å². The number of rotatable bonds is 7. The van der Waals surface area contributed by atoms with E-state index in [1.54, 1.807) is 0 Å². The lowest BCUT2D eigenvalue weighted by Gasteiger charge is -2.45. The molecule has 6 heteroatoms. The second-order valence-electron chi connectivity index (χ2n) is 9.18. The number of benzene rings is 2. The summed E-state index contributed by atoms with van der Waals surface area (Å²) in [4.78, 5) is 3.43. The van der Waals surface area contributed by atoms with Crippen molar-refractivity contribution in [2.45, 2.75) is 38.1 Å². The van der Waals surface area contributed by atoms with Gasteiger partial charge in [0, 0.05) is 35.5 Å². The zero-order chi connectivity index (χ0) is 22.1. The molecule has 0 bridgehead atoms. The van der Waals surface area contributed by atoms with Crippen molar-refractivity contribution in [3.05, 3.63) is 71.4 Å². The summed E-state index contributed by atoms with van der Waals surface area (Å²) < 4.78 is 27.1. The molecule has 3 aromatic rings. The molecule has 1 fully saturated rings. The minimum absolute atomic E-state index is 0.116. The van der Waals surface area contributed by atoms with Crippen LogP contribution in [0.2, 0.25) is 0 Å². The second-order valence-corrected chi connectivity index (χ2v) is 11.2. The van der Waals surface area contributed by atoms with Gasteiger partial charge in [0.05, 0.1) is 25.9 Å². The number of nitrogens with one attached hydrogen (secondary N) is 2. The van der Waals surface area contributed by atoms with Crippen molar-refractivity contribution in [1.29, 1.82) is 0 Å². The molecule has 1 aromatic heterocycles. The van der Waals surface area contributed by atoms with E-state index in [0.29, 0.717) is 18.4 Å². The Bertz CT molecular complexity index is 1130. The molecule has 1 aliphatic rings. The highest BCUT2D eigenvalue weighted by atomic mass is 32.2. The van der Waals surface area contributed by atoms with Crippen LogP contribution >= 0.6 is 0 Å². The van der Waals surface area contributed by atoms with Crippen LogP contribution < -0.4 is 4.72 Å². The molecule has 2 heterocycles. The summed E-state index contributed by atoms with van der Waals surface area (Å²) in [5.74, 6) is 0.657. The van der Waals surface area contributed by atoms with E-state index in [4.69, 9.17) is 0 Å². The van der Waals surface area contributed by atoms with Crippen LogP contribution in [0.3, 0.4) is 0 Å². The van der Waals surface area contributed by atoms with Gasteiger partial charge in [-0.1, -0.05) is 36.4 Å². The Balaban J connectivity index is 1.49. The van der Waals surface area contributed by atoms with Crippen LogP contribution in [0.1, 0.15) is 48.4 Å². The molecule has 0 saturated carbocycles. The summed E-state index contributed by atoms with van der Waals surface area (Å²) in [5, 5.41) is 1.25. The van der Waals surface area contributed by atoms with Crippen molar-refractivity contribution in [2.24, 2.45) is 0 Å². The number of H-pyrrole nitrogens is 1. The van der Waals surface area contributed by atoms with Crippen molar-refractivity contribution in [2.75, 3.05) is 32.9 Å². The Morgan fingerprint density at radius 3 is 2.52 bits per heavy atom. The minimum Gasteiger partial charge on any atom is -0.361 e. The lowest BCUT2D eigenvalue weighted by atomic mass is 9.86. The van der Waals surface area contributed by atoms with Gasteiger partial charge in [-0.05, 0) is 49.6 Å². The average Bonchev–Trinajstić information content (AvgIpc) is 3.21. The van der Waals surface area contributed by atoms with Crippen molar-refractivity contribution >= 4 is 20.9 Å². The molecule has 0 amide bonds. The van der Waals surface area contributed by atoms with Crippen molar-refractivity contribution < 1.29 is 12.9 Å². The maximum atomic E-state index is 11.8. The Morgan fingerprint density at radius 2 is 1.84 bits per heavy atom. The van der Waals surface area contributed by atoms with Crippen molar-refractivity contribution in [3.8, 4) is 0 Å². The molecular formula is C25H34N3O2S+. The number of fused-ring (bicyclic) bond motifs is 1. The topological polar surface area (TPSA) is 62.0 Å². The maximum Gasteiger partial charge on any atom is 0.211 e. The summed E-state index contributed by atoms with van der Waals surface area (Å²) in [6, 6.07) is 17.6. The van der Waals surface area contributed by atoms with Gasteiger partial charge in [-0.3, -0.25) is 0 Å². The monoisotopic (exact) mass is 440 g/mol. The van der Waals surface area contributed by atoms with Crippen LogP contribution in [0.25, 0.3) is 10.9 Å². The summed E-state index contributed by atoms with van der Waals surface area (Å²) in [6.07, 6.45) is 5.02. The highest BCUT2D eigenvalue weighted by Gasteiger charge is 2.36. The van der Waals surface area contributed by atoms with Crippen LogP contribution in [-0.4, -0.2) is 50.8 Å². The molecule has 166 valence electrons. The molecule has 2 N–H and O–H groups in total. The smallest absolute Gasteiger partial charge is 0.211 e. The Labute approximate surface area is 186 Å². The van der Waals surface area contributed by atoms with Gasteiger partial charge in [-0.2, -0.15) is 0 Å². The van der Waals surface area contributed by atoms with Crippen molar-refractivity contribution in [1.82, 2.24) is 9.71 Å². The molecule has 1 unspecified atom stereocenters. The van der Waals surface area contributed by atoms with E-state index in [1.165, 1.54) is 36.4 Å². The normalized spacial score (nSPS) is 23.1. The van der Waals surface area contributed by atoms with Gasteiger partial charge in [0.2, 0.25) is 10.0 Å². The summed E-state index contributed by atoms with van der Waals surface area (Å²) in [5.41, 5.74) is 5.00. The van der Waals surface area contributed by atoms with Crippen LogP contribution in [0.5, 0.6) is 0 Å². The molecular weight excluding hydrogens is 406 g/mol. The average molecular weight is 441 g/mol. The van der Waals surface area contributed by atoms with E-state index >= 15 is 0 Å². The predicted molar refractivity (Wildman–Crippen MR) is 128 cm³/mol. The van der Waals surface area contributed by atoms with Gasteiger partial charge >= 0.3 is 0 Å². The highest BCUT2D eigenvalue weighted by Crippen LogP contribution is 2.39. The fraction of sp³-hybridized carbons (Fsp3) is 0.440. The Kier molecular flexibility index (Phi) is 6.24. The fourth-order valence-electron chi connectivity index (χ4n) is 4.98. The molecule has 1 saturated heterocycles. The highest BCUT2D eigenvalue weighted by molar-refractivity contribution is 7.89. The maximum absolute atomic E-state index is 11.8. The number of sulfonamides is 1. The summed E-state index contributed by atoms with van der Waals surface area (Å²) >= 11 is 0. The van der Waals surface area contributed by atoms with Gasteiger partial charge in [0.15, 0.2) is 0 Å². The molecule has 0 radical (unpaired) electrons. The van der Waals surface area contributed by atoms with E-state index < -0.39 is 10.0 Å². The predicted octanol–water partition coefficient (Wildman–Crippen LogP) is 4.34. The largest absolute Gasteiger partial charge is 0.361 e. The van der Waals surface area contributed by atoms with E-state index in [1.807, 2.05) is 6.07 Å². The van der Waals surface area contributed by atoms with Gasteiger partial charge in [-0.15, -0.1) is 0 Å². The number of quaternary nitrogens is 1. The first kappa shape index (κ1) is 22.1. The number of aromatic amines is 1. The van der Waals surface area contributed by atoms with E-state index in [2.05, 4.69) is 72.3 Å². The molecule has 0 aliphatic carbocycles. The molecule has 2 aromatic carbocycles. The zero-order valence-corrected chi connectivity index (χ0v) is 19.6. The number of aryl methyl sites for hydroxylation is 1. The third-order valence-electron chi connectivity index (χ3n) is 7.38. The number of nitrogens with zero attached hydrogens (tertiary/aromatic N) is 1. The molecule has 1 aliphatic heterocycles. The van der Waals surface area contributed by atoms with Gasteiger partial charge in [0.1, 0.15) is 6.04 Å². The zero-order valence-electron chi connectivity index (χ0n) is 18.8. The number of hydrogen-bond donors (Lipinski definition) is 2. The van der Waals surface area contributed by atoms with E-state index in [0.717, 1.165) is 28.7 Å². The number of likely N-dealkylation sites (tertiary alicyclic amines) is 1. The summed E-state index contributed by atoms with van der Waals surface area (Å²) in [7, 11) is 0.669. The summed E-state index contributed by atoms with van der Waals surface area (Å²) in [6.45, 7) is 4.67. The Hall–Kier alpha value is -2.15. The van der Waals surface area contributed by atoms with E-state index in [9.17, 15) is 8.42 Å². The lowest BCUT2D eigenvalue weighted by molar-refractivity contribution is -0.942. The SMILES string of the molecule is CNS(=O)(=O)CCc1ccc2[nH]cc(C3CC[N+](C)(C(C)c4ccccc4)CC3)c2c1. The first-order valence-electron chi connectivity index (χ1n) is 11.2. The molecule has 0 spiro atoms. The van der Waals surface area contributed by atoms with Crippen LogP contribution in [-0.2, 0) is 16.4 Å². The number of piperidine rings is 1. The first-order valence-corrected chi connectivity index (χ1v) is 12.9. The third kappa shape index (κ3) is 4.71. The quantitative estimate of drug-likeness (QED) is 0.537. The van der Waals surface area contributed by atoms with Gasteiger partial charge in [0.25, 0.3) is 0 Å². The Morgan fingerprint density at radius 1 is 1.13 bits per heavy atom. The number of hydrogen-bond acceptors (Lipinski definition) is 2. The van der Waals surface area contributed by atoms with Crippen LogP contribution in [0.4, 0.5) is 0 Å². The second kappa shape index (κ2) is 8.77. The van der Waals surface area contributed by atoms with Crippen molar-refractivity contribution in [3.63, 3.8) is 0 Å². The molecule has 31 heavy (non-hydrogen) atoms. The molecule has 5 nitrogen and oxygen atoms in total. The lowest BCUT2D eigenvalue weighted by Crippen LogP contribution is -2.50. The third-order valence-corrected chi connectivity index (χ3v) is 8.75. The molecule has 4 rings (SSSR count). The van der Waals surface area contributed by atoms with Crippen LogP contribution in [0.15, 0.2) is 54.7 Å². The van der Waals surface area contributed by atoms with Gasteiger partial charge in [-0.25, -0.2) is 13.1 Å². The standard InChI is InChI=1S/C25H34N3O2S/c1-19(21-7-5-4-6-8-21)28(3)14-11-22(12-15-28)24-18-27-25-10-9-20(17-23(24)25)13-16-31(29,30)26-2/h4-10,17-19,22,26-27H,11-16H2,1-3H3/q+1. The van der Waals surface area contributed by atoms with Gasteiger partial charge < -0.3 is 9.47 Å². The molecule has 1 atom stereocenters. The number of aromatic nitrogens is 1. The first-order chi connectivity index (χ1) is 14.8. The van der Waals surface area contributed by atoms with Crippen LogP contribution in [0, 0.1) is 0 Å². The fourth-order valence-corrected chi connectivity index (χ4v) is 5.69.